The third kappa shape index (κ3) is 6.20. The average molecular weight is 408 g/mol. The minimum Gasteiger partial charge on any atom is -0.478 e. The Morgan fingerprint density at radius 2 is 1.44 bits per heavy atom. The van der Waals surface area contributed by atoms with Gasteiger partial charge in [0.15, 0.2) is 0 Å². The van der Waals surface area contributed by atoms with Crippen LogP contribution in [0, 0.1) is 6.92 Å². The maximum Gasteiger partial charge on any atom is 0.337 e. The van der Waals surface area contributed by atoms with Gasteiger partial charge in [-0.2, -0.15) is 0 Å². The molecule has 1 aliphatic rings. The lowest BCUT2D eigenvalue weighted by molar-refractivity contribution is 0.0697. The lowest BCUT2D eigenvalue weighted by atomic mass is 10.1. The molecule has 0 amide bonds. The van der Waals surface area contributed by atoms with Crippen molar-refractivity contribution in [2.45, 2.75) is 6.92 Å². The lowest BCUT2D eigenvalue weighted by Crippen LogP contribution is -2.46. The summed E-state index contributed by atoms with van der Waals surface area (Å²) in [6.45, 7) is 5.72. The van der Waals surface area contributed by atoms with Crippen LogP contribution in [0.5, 0.6) is 0 Å². The van der Waals surface area contributed by atoms with Crippen LogP contribution >= 0.6 is 23.8 Å². The minimum atomic E-state index is -0.995. The number of carboxylic acid groups (broad SMARTS) is 1. The Kier molecular flexibility index (Phi) is 9.78. The van der Waals surface area contributed by atoms with E-state index in [-0.39, 0.29) is 10.6 Å². The Labute approximate surface area is 171 Å². The fourth-order valence-corrected chi connectivity index (χ4v) is 3.11. The van der Waals surface area contributed by atoms with Gasteiger partial charge in [-0.05, 0) is 50.2 Å². The smallest absolute Gasteiger partial charge is 0.337 e. The highest BCUT2D eigenvalue weighted by Gasteiger charge is 2.19. The number of carboxylic acids is 1. The average Bonchev–Trinajstić information content (AvgIpc) is 2.71. The summed E-state index contributed by atoms with van der Waals surface area (Å²) < 4.78 is 0. The predicted molar refractivity (Wildman–Crippen MR) is 119 cm³/mol. The van der Waals surface area contributed by atoms with Crippen LogP contribution in [0.25, 0.3) is 0 Å². The number of nitrogens with two attached hydrogens (primary N) is 1. The number of aryl methyl sites for hydroxylation is 1. The van der Waals surface area contributed by atoms with Crippen molar-refractivity contribution in [1.82, 2.24) is 0 Å². The molecule has 2 aromatic carbocycles. The molecular weight excluding hydrogens is 382 g/mol. The number of anilines is 2. The number of hydrogen-bond donors (Lipinski definition) is 2. The maximum absolute atomic E-state index is 11.0. The number of nitrogens with zero attached hydrogens (tertiary/aromatic N) is 2. The van der Waals surface area contributed by atoms with E-state index >= 15 is 0 Å². The van der Waals surface area contributed by atoms with Gasteiger partial charge >= 0.3 is 5.97 Å². The van der Waals surface area contributed by atoms with E-state index in [0.29, 0.717) is 0 Å². The second-order valence-corrected chi connectivity index (χ2v) is 6.19. The zero-order valence-electron chi connectivity index (χ0n) is 15.7. The van der Waals surface area contributed by atoms with Crippen LogP contribution in [0.15, 0.2) is 42.5 Å². The third-order valence-electron chi connectivity index (χ3n) is 4.23. The normalized spacial score (nSPS) is 13.0. The lowest BCUT2D eigenvalue weighted by Gasteiger charge is -2.37. The van der Waals surface area contributed by atoms with E-state index in [4.69, 9.17) is 16.7 Å². The number of rotatable bonds is 3. The van der Waals surface area contributed by atoms with Crippen LogP contribution in [0.2, 0.25) is 5.02 Å². The number of hydrogen-bond acceptors (Lipinski definition) is 5. The number of thiocarbonyl (C=S) groups is 1. The van der Waals surface area contributed by atoms with E-state index in [9.17, 15) is 4.79 Å². The molecule has 3 rings (SSSR count). The van der Waals surface area contributed by atoms with Crippen molar-refractivity contribution in [1.29, 1.82) is 0 Å². The van der Waals surface area contributed by atoms with Crippen LogP contribution in [0.4, 0.5) is 11.4 Å². The van der Waals surface area contributed by atoms with Gasteiger partial charge in [0.1, 0.15) is 0 Å². The van der Waals surface area contributed by atoms with Gasteiger partial charge in [-0.25, -0.2) is 4.79 Å². The summed E-state index contributed by atoms with van der Waals surface area (Å²) in [4.78, 5) is 15.6. The van der Waals surface area contributed by atoms with Gasteiger partial charge in [0, 0.05) is 37.6 Å². The molecular formula is C20H26ClN3O2S. The monoisotopic (exact) mass is 407 g/mol. The highest BCUT2D eigenvalue weighted by molar-refractivity contribution is 7.77. The first-order chi connectivity index (χ1) is 13.0. The first-order valence-corrected chi connectivity index (χ1v) is 9.46. The van der Waals surface area contributed by atoms with Gasteiger partial charge in [-0.1, -0.05) is 41.5 Å². The zero-order chi connectivity index (χ0) is 20.4. The van der Waals surface area contributed by atoms with Crippen LogP contribution < -0.4 is 15.5 Å². The van der Waals surface area contributed by atoms with Gasteiger partial charge in [0.2, 0.25) is 0 Å². The molecule has 0 unspecified atom stereocenters. The Balaban J connectivity index is 0.000000855. The van der Waals surface area contributed by atoms with Crippen LogP contribution in [-0.2, 0) is 0 Å². The quantitative estimate of drug-likeness (QED) is 0.753. The molecule has 0 radical (unpaired) electrons. The topological polar surface area (TPSA) is 69.8 Å². The van der Waals surface area contributed by atoms with Crippen molar-refractivity contribution in [3.8, 4) is 0 Å². The minimum absolute atomic E-state index is 0.147. The van der Waals surface area contributed by atoms with Crippen molar-refractivity contribution in [2.24, 2.45) is 5.73 Å². The molecule has 27 heavy (non-hydrogen) atoms. The van der Waals surface area contributed by atoms with Crippen molar-refractivity contribution in [2.75, 3.05) is 43.0 Å². The van der Waals surface area contributed by atoms with E-state index in [1.54, 1.807) is 12.1 Å². The summed E-state index contributed by atoms with van der Waals surface area (Å²) in [7, 11) is 1.50. The molecule has 5 nitrogen and oxygen atoms in total. The molecule has 2 aromatic rings. The van der Waals surface area contributed by atoms with Crippen LogP contribution in [0.3, 0.4) is 0 Å². The second-order valence-electron chi connectivity index (χ2n) is 5.78. The van der Waals surface area contributed by atoms with E-state index < -0.39 is 5.97 Å². The van der Waals surface area contributed by atoms with E-state index in [2.05, 4.69) is 64.8 Å². The Morgan fingerprint density at radius 3 is 1.89 bits per heavy atom. The number of benzene rings is 2. The summed E-state index contributed by atoms with van der Waals surface area (Å²) in [6, 6.07) is 13.7. The SMILES string of the molecule is C=S.CN.Cc1ccc(N2CCN(c3ccc(C(=O)O)c(Cl)c3)CC2)cc1. The molecule has 1 fully saturated rings. The predicted octanol–water partition coefficient (Wildman–Crippen LogP) is 3.86. The Bertz CT molecular complexity index is 733. The van der Waals surface area contributed by atoms with Crippen LogP contribution in [-0.4, -0.2) is 50.2 Å². The first kappa shape index (κ1) is 22.9. The summed E-state index contributed by atoms with van der Waals surface area (Å²) in [5.41, 5.74) is 8.13. The third-order valence-corrected chi connectivity index (χ3v) is 4.54. The molecule has 1 saturated heterocycles. The molecule has 3 N–H and O–H groups in total. The highest BCUT2D eigenvalue weighted by Crippen LogP contribution is 2.26. The summed E-state index contributed by atoms with van der Waals surface area (Å²) in [5.74, 6) is 1.84. The number of halogens is 1. The van der Waals surface area contributed by atoms with Gasteiger partial charge in [-0.15, -0.1) is 0 Å². The van der Waals surface area contributed by atoms with Gasteiger partial charge in [0.05, 0.1) is 10.6 Å². The van der Waals surface area contributed by atoms with Gasteiger partial charge < -0.3 is 20.6 Å². The Morgan fingerprint density at radius 1 is 1.00 bits per heavy atom. The van der Waals surface area contributed by atoms with Crippen molar-refractivity contribution in [3.05, 3.63) is 58.6 Å². The molecule has 0 bridgehead atoms. The van der Waals surface area contributed by atoms with Crippen molar-refractivity contribution < 1.29 is 9.90 Å². The standard InChI is InChI=1S/C18H19ClN2O2.CH5N.CH2S/c1-13-2-4-14(5-3-13)20-8-10-21(11-9-20)15-6-7-16(18(22)23)17(19)12-15;2*1-2/h2-7,12H,8-11H2,1H3,(H,22,23);2H2,1H3;1H2. The van der Waals surface area contributed by atoms with Crippen LogP contribution in [0.1, 0.15) is 15.9 Å². The van der Waals surface area contributed by atoms with E-state index in [0.717, 1.165) is 31.9 Å². The molecule has 0 aliphatic carbocycles. The maximum atomic E-state index is 11.0. The largest absolute Gasteiger partial charge is 0.478 e. The van der Waals surface area contributed by atoms with E-state index in [1.165, 1.54) is 18.3 Å². The van der Waals surface area contributed by atoms with Crippen molar-refractivity contribution >= 4 is 47.0 Å². The molecule has 1 heterocycles. The van der Waals surface area contributed by atoms with Crippen molar-refractivity contribution in [3.63, 3.8) is 0 Å². The molecule has 7 heteroatoms. The highest BCUT2D eigenvalue weighted by atomic mass is 35.5. The molecule has 0 aromatic heterocycles. The fraction of sp³-hybridized carbons (Fsp3) is 0.300. The summed E-state index contributed by atoms with van der Waals surface area (Å²) >= 11 is 9.90. The number of carbonyl (C=O) groups is 1. The molecule has 0 saturated carbocycles. The van der Waals surface area contributed by atoms with Gasteiger partial charge in [-0.3, -0.25) is 0 Å². The van der Waals surface area contributed by atoms with Gasteiger partial charge in [0.25, 0.3) is 0 Å². The first-order valence-electron chi connectivity index (χ1n) is 8.50. The zero-order valence-corrected chi connectivity index (χ0v) is 17.3. The molecule has 0 atom stereocenters. The fourth-order valence-electron chi connectivity index (χ4n) is 2.85. The second kappa shape index (κ2) is 11.5. The Hall–Kier alpha value is -2.15. The molecule has 146 valence electrons. The molecule has 1 aliphatic heterocycles. The number of piperazine rings is 1. The summed E-state index contributed by atoms with van der Waals surface area (Å²) in [5, 5.41) is 9.33. The van der Waals surface area contributed by atoms with E-state index in [1.807, 2.05) is 6.07 Å². The number of aromatic carboxylic acids is 1. The summed E-state index contributed by atoms with van der Waals surface area (Å²) in [6.07, 6.45) is 0. The molecule has 0 spiro atoms.